The molecule has 0 unspecified atom stereocenters. The lowest BCUT2D eigenvalue weighted by Crippen LogP contribution is -2.40. The fourth-order valence-corrected chi connectivity index (χ4v) is 1.73. The fourth-order valence-electron chi connectivity index (χ4n) is 0.978. The van der Waals surface area contributed by atoms with Crippen LogP contribution in [0.3, 0.4) is 0 Å². The molecule has 0 saturated carbocycles. The molecular weight excluding hydrogens is 558 g/mol. The van der Waals surface area contributed by atoms with Gasteiger partial charge in [-0.25, -0.2) is 19.6 Å². The molecule has 3 N–H and O–H groups in total. The third-order valence-corrected chi connectivity index (χ3v) is 4.52. The Kier molecular flexibility index (Phi) is 10.1. The zero-order chi connectivity index (χ0) is 26.5. The molecular formula is C9H6F6O15S3. The van der Waals surface area contributed by atoms with Crippen molar-refractivity contribution < 1.29 is 95.5 Å². The number of carbonyl (C=O) groups is 3. The van der Waals surface area contributed by atoms with Crippen LogP contribution in [0, 0.1) is 0 Å². The Bertz CT molecular complexity index is 1000. The van der Waals surface area contributed by atoms with Gasteiger partial charge in [0.25, 0.3) is 5.95 Å². The minimum atomic E-state index is -6.56. The molecule has 0 fully saturated rings. The molecule has 0 heterocycles. The summed E-state index contributed by atoms with van der Waals surface area (Å²) in [7, 11) is -13.0. The Morgan fingerprint density at radius 3 is 1.67 bits per heavy atom. The molecule has 0 spiro atoms. The summed E-state index contributed by atoms with van der Waals surface area (Å²) < 4.78 is 151. The first-order valence-electron chi connectivity index (χ1n) is 6.66. The van der Waals surface area contributed by atoms with Crippen molar-refractivity contribution in [1.82, 2.24) is 0 Å². The molecule has 0 rings (SSSR count). The van der Waals surface area contributed by atoms with E-state index >= 15 is 0 Å². The smallest absolute Gasteiger partial charge is 0.456 e. The number of rotatable bonds is 12. The third kappa shape index (κ3) is 8.25. The van der Waals surface area contributed by atoms with Gasteiger partial charge in [0.05, 0.1) is 0 Å². The number of hydrogen-bond donors (Lipinski definition) is 3. The molecule has 15 nitrogen and oxygen atoms in total. The summed E-state index contributed by atoms with van der Waals surface area (Å²) in [6.07, 6.45) is -0.349. The van der Waals surface area contributed by atoms with Crippen molar-refractivity contribution in [3.05, 3.63) is 12.0 Å². The van der Waals surface area contributed by atoms with Crippen molar-refractivity contribution in [2.45, 2.75) is 15.8 Å². The van der Waals surface area contributed by atoms with Crippen LogP contribution in [0.2, 0.25) is 0 Å². The Morgan fingerprint density at radius 2 is 1.24 bits per heavy atom. The van der Waals surface area contributed by atoms with Gasteiger partial charge in [0.1, 0.15) is 18.6 Å². The maximum Gasteiger partial charge on any atom is 0.466 e. The van der Waals surface area contributed by atoms with Crippen molar-refractivity contribution in [2.75, 3.05) is 6.61 Å². The second-order valence-electron chi connectivity index (χ2n) is 4.63. The third-order valence-electron chi connectivity index (χ3n) is 2.38. The molecule has 0 radical (unpaired) electrons. The summed E-state index contributed by atoms with van der Waals surface area (Å²) in [6, 6.07) is 0. The zero-order valence-electron chi connectivity index (χ0n) is 14.5. The van der Waals surface area contributed by atoms with Gasteiger partial charge in [-0.3, -0.25) is 9.11 Å². The van der Waals surface area contributed by atoms with Crippen LogP contribution in [0.4, 0.5) is 26.3 Å². The monoisotopic (exact) mass is 564 g/mol. The van der Waals surface area contributed by atoms with Crippen LogP contribution in [0.5, 0.6) is 0 Å². The number of halogens is 6. The fraction of sp³-hybridized carbons (Fsp3) is 0.444. The van der Waals surface area contributed by atoms with Crippen molar-refractivity contribution >= 4 is 50.2 Å². The Balaban J connectivity index is 5.82. The minimum absolute atomic E-state index is 0.349. The van der Waals surface area contributed by atoms with E-state index in [2.05, 4.69) is 23.6 Å². The molecule has 0 aromatic heterocycles. The van der Waals surface area contributed by atoms with Crippen LogP contribution in [-0.4, -0.2) is 71.5 Å². The van der Waals surface area contributed by atoms with Crippen LogP contribution in [0.1, 0.15) is 0 Å². The van der Waals surface area contributed by atoms with E-state index in [0.29, 0.717) is 0 Å². The molecule has 33 heavy (non-hydrogen) atoms. The Morgan fingerprint density at radius 1 is 0.818 bits per heavy atom. The van der Waals surface area contributed by atoms with Crippen LogP contribution in [0.25, 0.3) is 0 Å². The highest BCUT2D eigenvalue weighted by Gasteiger charge is 2.56. The number of ether oxygens (including phenoxy) is 3. The lowest BCUT2D eigenvalue weighted by Gasteiger charge is -2.16. The molecule has 0 aromatic rings. The zero-order valence-corrected chi connectivity index (χ0v) is 17.0. The summed E-state index contributed by atoms with van der Waals surface area (Å²) in [5.74, 6) is -11.5. The van der Waals surface area contributed by atoms with Crippen molar-refractivity contribution in [1.29, 1.82) is 0 Å². The van der Waals surface area contributed by atoms with Gasteiger partial charge in [0.15, 0.2) is 0 Å². The molecule has 0 saturated heterocycles. The number of alkyl halides is 6. The average Bonchev–Trinajstić information content (AvgIpc) is 2.63. The quantitative estimate of drug-likeness (QED) is 0.0542. The topological polar surface area (TPSA) is 226 Å². The predicted molar refractivity (Wildman–Crippen MR) is 81.6 cm³/mol. The lowest BCUT2D eigenvalue weighted by atomic mass is 10.6. The highest BCUT2D eigenvalue weighted by molar-refractivity contribution is 7.96. The highest BCUT2D eigenvalue weighted by atomic mass is 32.2. The van der Waals surface area contributed by atoms with E-state index in [-0.39, 0.29) is 6.08 Å². The van der Waals surface area contributed by atoms with Crippen LogP contribution in [-0.2, 0) is 58.2 Å². The van der Waals surface area contributed by atoms with Crippen molar-refractivity contribution in [2.24, 2.45) is 0 Å². The van der Waals surface area contributed by atoms with Gasteiger partial charge in [-0.1, -0.05) is 5.04 Å². The first-order valence-corrected chi connectivity index (χ1v) is 10.3. The van der Waals surface area contributed by atoms with Crippen molar-refractivity contribution in [3.63, 3.8) is 0 Å². The normalized spacial score (nSPS) is 13.9. The summed E-state index contributed by atoms with van der Waals surface area (Å²) in [5, 5.41) is -5.92. The van der Waals surface area contributed by atoms with E-state index in [9.17, 15) is 57.6 Å². The molecule has 0 aliphatic rings. The standard InChI is InChI=1S/C9H6F6O15S3/c10-7(11,31-30-29-19)4(16)27-3(28-6(18)9(14,15)33(23,24)25)1-2-26-5(17)8(12,13)32(20,21)22/h1,19H,2H2,(H,20,21,22)(H,23,24,25)/b3-1-. The first-order chi connectivity index (χ1) is 14.6. The molecule has 24 heteroatoms. The van der Waals surface area contributed by atoms with Gasteiger partial charge < -0.3 is 14.2 Å². The molecule has 0 bridgehead atoms. The highest BCUT2D eigenvalue weighted by Crippen LogP contribution is 2.32. The minimum Gasteiger partial charge on any atom is -0.456 e. The van der Waals surface area contributed by atoms with Crippen LogP contribution >= 0.6 is 12.0 Å². The van der Waals surface area contributed by atoms with Gasteiger partial charge in [-0.2, -0.15) is 43.2 Å². The first kappa shape index (κ1) is 30.8. The van der Waals surface area contributed by atoms with E-state index in [0.717, 1.165) is 0 Å². The van der Waals surface area contributed by atoms with Gasteiger partial charge in [0, 0.05) is 6.08 Å². The molecule has 0 aromatic carbocycles. The van der Waals surface area contributed by atoms with E-state index in [1.54, 1.807) is 0 Å². The van der Waals surface area contributed by atoms with Crippen LogP contribution in [0.15, 0.2) is 12.0 Å². The van der Waals surface area contributed by atoms with Gasteiger partial charge in [-0.15, -0.1) is 4.33 Å². The predicted octanol–water partition coefficient (Wildman–Crippen LogP) is 0.0808. The Labute approximate surface area is 180 Å². The summed E-state index contributed by atoms with van der Waals surface area (Å²) in [5.41, 5.74) is 0. The van der Waals surface area contributed by atoms with Gasteiger partial charge >= 0.3 is 53.9 Å². The lowest BCUT2D eigenvalue weighted by molar-refractivity contribution is -0.433. The second-order valence-corrected chi connectivity index (χ2v) is 8.37. The summed E-state index contributed by atoms with van der Waals surface area (Å²) in [4.78, 5) is 33.4. The largest absolute Gasteiger partial charge is 0.466 e. The second kappa shape index (κ2) is 10.8. The average molecular weight is 564 g/mol. The molecule has 0 aliphatic carbocycles. The van der Waals surface area contributed by atoms with Gasteiger partial charge in [0.2, 0.25) is 0 Å². The van der Waals surface area contributed by atoms with Crippen LogP contribution < -0.4 is 0 Å². The van der Waals surface area contributed by atoms with E-state index in [1.165, 1.54) is 0 Å². The van der Waals surface area contributed by atoms with Gasteiger partial charge in [-0.05, 0) is 0 Å². The van der Waals surface area contributed by atoms with Crippen molar-refractivity contribution in [3.8, 4) is 0 Å². The number of esters is 3. The number of hydrogen-bond acceptors (Lipinski definition) is 14. The molecule has 0 atom stereocenters. The maximum absolute atomic E-state index is 13.3. The molecule has 192 valence electrons. The van der Waals surface area contributed by atoms with E-state index in [1.807, 2.05) is 0 Å². The van der Waals surface area contributed by atoms with E-state index < -0.39 is 78.5 Å². The SMILES string of the molecule is O=C(O/C(=C/COC(=O)C(F)(F)S(=O)(=O)O)OC(=O)C(F)(F)S(=O)(=O)O)C(F)(F)SOOO. The number of carbonyl (C=O) groups excluding carboxylic acids is 3. The molecule has 0 amide bonds. The summed E-state index contributed by atoms with van der Waals surface area (Å²) in [6.45, 7) is -1.84. The maximum atomic E-state index is 13.3. The van der Waals surface area contributed by atoms with E-state index in [4.69, 9.17) is 14.4 Å². The summed E-state index contributed by atoms with van der Waals surface area (Å²) >= 11 is -1.32. The Hall–Kier alpha value is -2.22. The molecule has 0 aliphatic heterocycles.